The van der Waals surface area contributed by atoms with Crippen molar-refractivity contribution in [3.63, 3.8) is 0 Å². The standard InChI is InChI=1S/C21H15ClN4O2S/c22-14-9-7-13(8-10-14)12-29-21-24-20-18(25-26-21)15-4-1-2-5-16(15)23-19(28-20)17-6-3-11-27-17/h1-11,19,23H,12H2/t19-/m0/s1. The Morgan fingerprint density at radius 2 is 1.86 bits per heavy atom. The fraction of sp³-hybridized carbons (Fsp3) is 0.0952. The Morgan fingerprint density at radius 3 is 2.69 bits per heavy atom. The first-order chi connectivity index (χ1) is 14.3. The van der Waals surface area contributed by atoms with Crippen molar-refractivity contribution < 1.29 is 9.15 Å². The molecule has 0 aliphatic carbocycles. The molecule has 0 unspecified atom stereocenters. The third kappa shape index (κ3) is 3.79. The first-order valence-corrected chi connectivity index (χ1v) is 10.3. The van der Waals surface area contributed by atoms with Gasteiger partial charge in [0.05, 0.1) is 6.26 Å². The predicted molar refractivity (Wildman–Crippen MR) is 112 cm³/mol. The highest BCUT2D eigenvalue weighted by Crippen LogP contribution is 2.39. The summed E-state index contributed by atoms with van der Waals surface area (Å²) >= 11 is 7.44. The monoisotopic (exact) mass is 422 g/mol. The highest BCUT2D eigenvalue weighted by atomic mass is 35.5. The summed E-state index contributed by atoms with van der Waals surface area (Å²) in [6.07, 6.45) is 1.10. The van der Waals surface area contributed by atoms with Crippen molar-refractivity contribution in [2.24, 2.45) is 0 Å². The quantitative estimate of drug-likeness (QED) is 0.430. The summed E-state index contributed by atoms with van der Waals surface area (Å²) in [7, 11) is 0. The van der Waals surface area contributed by atoms with Crippen LogP contribution in [0.25, 0.3) is 11.3 Å². The van der Waals surface area contributed by atoms with Gasteiger partial charge in [0.15, 0.2) is 11.5 Å². The molecule has 2 aromatic carbocycles. The van der Waals surface area contributed by atoms with Crippen LogP contribution in [0, 0.1) is 0 Å². The van der Waals surface area contributed by atoms with Gasteiger partial charge < -0.3 is 14.5 Å². The maximum Gasteiger partial charge on any atom is 0.247 e. The number of ether oxygens (including phenoxy) is 1. The number of rotatable bonds is 4. The summed E-state index contributed by atoms with van der Waals surface area (Å²) in [6, 6.07) is 19.2. The van der Waals surface area contributed by atoms with E-state index in [0.29, 0.717) is 33.3 Å². The fourth-order valence-corrected chi connectivity index (χ4v) is 3.87. The highest BCUT2D eigenvalue weighted by molar-refractivity contribution is 7.98. The average molecular weight is 423 g/mol. The van der Waals surface area contributed by atoms with Crippen molar-refractivity contribution in [1.82, 2.24) is 15.2 Å². The Labute approximate surface area is 176 Å². The third-order valence-electron chi connectivity index (χ3n) is 4.42. The molecule has 1 N–H and O–H groups in total. The number of furan rings is 1. The zero-order valence-electron chi connectivity index (χ0n) is 15.1. The second-order valence-corrected chi connectivity index (χ2v) is 7.75. The number of anilines is 1. The first-order valence-electron chi connectivity index (χ1n) is 8.94. The van der Waals surface area contributed by atoms with Gasteiger partial charge >= 0.3 is 0 Å². The van der Waals surface area contributed by atoms with Crippen LogP contribution in [0.3, 0.4) is 0 Å². The number of thioether (sulfide) groups is 1. The van der Waals surface area contributed by atoms with Crippen LogP contribution in [0.4, 0.5) is 5.69 Å². The number of nitrogens with one attached hydrogen (secondary N) is 1. The van der Waals surface area contributed by atoms with Gasteiger partial charge in [0.2, 0.25) is 17.3 Å². The molecule has 0 saturated heterocycles. The lowest BCUT2D eigenvalue weighted by atomic mass is 10.1. The second kappa shape index (κ2) is 7.77. The van der Waals surface area contributed by atoms with Crippen LogP contribution in [0.15, 0.2) is 76.5 Å². The first kappa shape index (κ1) is 18.0. The maximum atomic E-state index is 6.14. The maximum absolute atomic E-state index is 6.14. The SMILES string of the molecule is Clc1ccc(CSc2nnc3c(n2)O[C@@H](c2ccco2)Nc2ccccc2-3)cc1. The molecule has 0 amide bonds. The molecule has 3 heterocycles. The summed E-state index contributed by atoms with van der Waals surface area (Å²) in [5.41, 5.74) is 3.48. The topological polar surface area (TPSA) is 73.1 Å². The number of halogens is 1. The molecule has 1 aliphatic heterocycles. The summed E-state index contributed by atoms with van der Waals surface area (Å²) in [4.78, 5) is 4.62. The van der Waals surface area contributed by atoms with Gasteiger partial charge in [-0.25, -0.2) is 0 Å². The molecule has 2 aromatic heterocycles. The molecule has 0 saturated carbocycles. The Kier molecular flexibility index (Phi) is 4.83. The third-order valence-corrected chi connectivity index (χ3v) is 5.58. The van der Waals surface area contributed by atoms with E-state index < -0.39 is 6.23 Å². The van der Waals surface area contributed by atoms with Crippen LogP contribution in [-0.2, 0) is 5.75 Å². The summed E-state index contributed by atoms with van der Waals surface area (Å²) < 4.78 is 11.7. The van der Waals surface area contributed by atoms with E-state index >= 15 is 0 Å². The molecule has 1 aliphatic rings. The lowest BCUT2D eigenvalue weighted by molar-refractivity contribution is 0.195. The number of aromatic nitrogens is 3. The van der Waals surface area contributed by atoms with Gasteiger partial charge in [0.1, 0.15) is 0 Å². The van der Waals surface area contributed by atoms with Gasteiger partial charge in [-0.05, 0) is 35.9 Å². The van der Waals surface area contributed by atoms with Crippen LogP contribution < -0.4 is 10.1 Å². The molecule has 0 radical (unpaired) electrons. The van der Waals surface area contributed by atoms with Crippen LogP contribution in [0.2, 0.25) is 5.02 Å². The van der Waals surface area contributed by atoms with Gasteiger partial charge in [-0.15, -0.1) is 10.2 Å². The molecule has 0 fully saturated rings. The number of hydrogen-bond donors (Lipinski definition) is 1. The van der Waals surface area contributed by atoms with Crippen molar-refractivity contribution in [3.05, 3.63) is 83.3 Å². The number of para-hydroxylation sites is 1. The number of nitrogens with zero attached hydrogens (tertiary/aromatic N) is 3. The molecule has 5 rings (SSSR count). The van der Waals surface area contributed by atoms with E-state index in [2.05, 4.69) is 20.5 Å². The van der Waals surface area contributed by atoms with Crippen molar-refractivity contribution in [3.8, 4) is 17.1 Å². The van der Waals surface area contributed by atoms with E-state index in [9.17, 15) is 0 Å². The number of hydrogen-bond acceptors (Lipinski definition) is 7. The molecule has 29 heavy (non-hydrogen) atoms. The smallest absolute Gasteiger partial charge is 0.247 e. The lowest BCUT2D eigenvalue weighted by Gasteiger charge is -2.16. The summed E-state index contributed by atoms with van der Waals surface area (Å²) in [5, 5.41) is 13.3. The van der Waals surface area contributed by atoms with E-state index in [1.807, 2.05) is 60.7 Å². The molecule has 1 atom stereocenters. The Hall–Kier alpha value is -3.03. The van der Waals surface area contributed by atoms with Crippen LogP contribution in [0.1, 0.15) is 17.6 Å². The molecular weight excluding hydrogens is 408 g/mol. The van der Waals surface area contributed by atoms with Crippen molar-refractivity contribution >= 4 is 29.1 Å². The van der Waals surface area contributed by atoms with E-state index in [1.54, 1.807) is 6.26 Å². The molecule has 0 spiro atoms. The molecule has 0 bridgehead atoms. The van der Waals surface area contributed by atoms with Crippen molar-refractivity contribution in [2.75, 3.05) is 5.32 Å². The lowest BCUT2D eigenvalue weighted by Crippen LogP contribution is -2.16. The molecular formula is C21H15ClN4O2S. The predicted octanol–water partition coefficient (Wildman–Crippen LogP) is 5.58. The Balaban J connectivity index is 1.47. The normalized spacial score (nSPS) is 14.9. The fourth-order valence-electron chi connectivity index (χ4n) is 3.01. The van der Waals surface area contributed by atoms with Crippen LogP contribution in [-0.4, -0.2) is 15.2 Å². The molecule has 144 valence electrons. The van der Waals surface area contributed by atoms with Gasteiger partial charge in [-0.1, -0.05) is 53.7 Å². The summed E-state index contributed by atoms with van der Waals surface area (Å²) in [6.45, 7) is 0. The van der Waals surface area contributed by atoms with Crippen LogP contribution in [0.5, 0.6) is 5.88 Å². The highest BCUT2D eigenvalue weighted by Gasteiger charge is 2.27. The molecule has 8 heteroatoms. The average Bonchev–Trinajstić information content (AvgIpc) is 3.23. The van der Waals surface area contributed by atoms with Crippen molar-refractivity contribution in [1.29, 1.82) is 0 Å². The zero-order valence-corrected chi connectivity index (χ0v) is 16.7. The minimum Gasteiger partial charge on any atom is -0.463 e. The molecule has 6 nitrogen and oxygen atoms in total. The zero-order chi connectivity index (χ0) is 19.6. The van der Waals surface area contributed by atoms with E-state index in [1.165, 1.54) is 11.8 Å². The van der Waals surface area contributed by atoms with Crippen molar-refractivity contribution in [2.45, 2.75) is 17.1 Å². The minimum atomic E-state index is -0.516. The van der Waals surface area contributed by atoms with Gasteiger partial charge in [0.25, 0.3) is 0 Å². The van der Waals surface area contributed by atoms with E-state index in [-0.39, 0.29) is 0 Å². The summed E-state index contributed by atoms with van der Waals surface area (Å²) in [5.74, 6) is 1.77. The van der Waals surface area contributed by atoms with E-state index in [0.717, 1.165) is 16.8 Å². The number of benzene rings is 2. The second-order valence-electron chi connectivity index (χ2n) is 6.37. The van der Waals surface area contributed by atoms with Gasteiger partial charge in [0, 0.05) is 22.0 Å². The Morgan fingerprint density at radius 1 is 1.00 bits per heavy atom. The molecule has 4 aromatic rings. The van der Waals surface area contributed by atoms with E-state index in [4.69, 9.17) is 20.8 Å². The minimum absolute atomic E-state index is 0.414. The van der Waals surface area contributed by atoms with Gasteiger partial charge in [-0.2, -0.15) is 4.98 Å². The largest absolute Gasteiger partial charge is 0.463 e. The van der Waals surface area contributed by atoms with Crippen LogP contribution >= 0.6 is 23.4 Å². The van der Waals surface area contributed by atoms with Gasteiger partial charge in [-0.3, -0.25) is 0 Å². The Bertz CT molecular complexity index is 1140. The number of fused-ring (bicyclic) bond motifs is 3.